The molecular weight excluding hydrogens is 382 g/mol. The molecule has 0 saturated carbocycles. The van der Waals surface area contributed by atoms with Gasteiger partial charge in [0.25, 0.3) is 0 Å². The van der Waals surface area contributed by atoms with E-state index in [1.54, 1.807) is 0 Å². The second kappa shape index (κ2) is 7.18. The maximum Gasteiger partial charge on any atom is 0.144 e. The van der Waals surface area contributed by atoms with E-state index in [-0.39, 0.29) is 0 Å². The van der Waals surface area contributed by atoms with Crippen molar-refractivity contribution in [2.24, 2.45) is 0 Å². The minimum Gasteiger partial charge on any atom is -0.369 e. The van der Waals surface area contributed by atoms with Crippen LogP contribution in [0, 0.1) is 0 Å². The lowest BCUT2D eigenvalue weighted by atomic mass is 10.1. The molecule has 0 aliphatic heterocycles. The minimum absolute atomic E-state index is 0.722. The summed E-state index contributed by atoms with van der Waals surface area (Å²) in [6.45, 7) is 5.01. The van der Waals surface area contributed by atoms with Gasteiger partial charge in [0.2, 0.25) is 0 Å². The van der Waals surface area contributed by atoms with E-state index in [4.69, 9.17) is 0 Å². The molecule has 0 radical (unpaired) electrons. The lowest BCUT2D eigenvalue weighted by Gasteiger charge is -2.11. The largest absolute Gasteiger partial charge is 0.369 e. The van der Waals surface area contributed by atoms with Crippen molar-refractivity contribution in [3.63, 3.8) is 0 Å². The van der Waals surface area contributed by atoms with Crippen LogP contribution < -0.4 is 5.32 Å². The normalized spacial score (nSPS) is 10.6. The van der Waals surface area contributed by atoms with Crippen molar-refractivity contribution in [3.05, 3.63) is 50.3 Å². The Balaban J connectivity index is 2.37. The summed E-state index contributed by atoms with van der Waals surface area (Å²) in [4.78, 5) is 9.27. The van der Waals surface area contributed by atoms with Gasteiger partial charge in [0.05, 0.1) is 10.2 Å². The molecule has 2 rings (SSSR count). The van der Waals surface area contributed by atoms with Crippen LogP contribution in [0.3, 0.4) is 0 Å². The van der Waals surface area contributed by atoms with Gasteiger partial charge in [0.15, 0.2) is 0 Å². The van der Waals surface area contributed by atoms with Crippen LogP contribution in [0.4, 0.5) is 5.82 Å². The predicted molar refractivity (Wildman–Crippen MR) is 90.2 cm³/mol. The summed E-state index contributed by atoms with van der Waals surface area (Å²) in [5.74, 6) is 1.72. The molecule has 1 aromatic heterocycles. The van der Waals surface area contributed by atoms with Crippen molar-refractivity contribution in [1.29, 1.82) is 0 Å². The van der Waals surface area contributed by atoms with E-state index in [9.17, 15) is 0 Å². The van der Waals surface area contributed by atoms with E-state index in [0.717, 1.165) is 45.7 Å². The number of halogens is 2. The molecule has 0 aliphatic rings. The molecule has 0 unspecified atom stereocenters. The Kier molecular flexibility index (Phi) is 5.54. The highest BCUT2D eigenvalue weighted by molar-refractivity contribution is 9.11. The highest BCUT2D eigenvalue weighted by atomic mass is 79.9. The molecular formula is C15H17Br2N3. The van der Waals surface area contributed by atoms with Gasteiger partial charge in [-0.25, -0.2) is 9.97 Å². The zero-order valence-electron chi connectivity index (χ0n) is 11.6. The summed E-state index contributed by atoms with van der Waals surface area (Å²) in [7, 11) is 0. The quantitative estimate of drug-likeness (QED) is 0.800. The molecule has 0 fully saturated rings. The van der Waals surface area contributed by atoms with E-state index in [0.29, 0.717) is 0 Å². The van der Waals surface area contributed by atoms with Gasteiger partial charge < -0.3 is 5.32 Å². The SMILES string of the molecule is CCNc1nc(Cc2ccccc2Br)nc(CC)c1Br. The number of rotatable bonds is 5. The Labute approximate surface area is 136 Å². The number of aryl methyl sites for hydroxylation is 1. The van der Waals surface area contributed by atoms with Gasteiger partial charge in [-0.15, -0.1) is 0 Å². The fourth-order valence-electron chi connectivity index (χ4n) is 1.95. The Morgan fingerprint density at radius 1 is 1.10 bits per heavy atom. The molecule has 3 nitrogen and oxygen atoms in total. The van der Waals surface area contributed by atoms with Crippen LogP contribution in [0.15, 0.2) is 33.2 Å². The second-order valence-electron chi connectivity index (χ2n) is 4.40. The predicted octanol–water partition coefficient (Wildman–Crippen LogP) is 4.59. The maximum absolute atomic E-state index is 4.65. The van der Waals surface area contributed by atoms with E-state index >= 15 is 0 Å². The van der Waals surface area contributed by atoms with E-state index in [1.165, 1.54) is 5.56 Å². The molecule has 0 atom stereocenters. The first-order valence-corrected chi connectivity index (χ1v) is 8.26. The Morgan fingerprint density at radius 3 is 2.50 bits per heavy atom. The van der Waals surface area contributed by atoms with E-state index in [1.807, 2.05) is 18.2 Å². The molecule has 0 saturated heterocycles. The number of nitrogens with one attached hydrogen (secondary N) is 1. The molecule has 0 spiro atoms. The summed E-state index contributed by atoms with van der Waals surface area (Å²) in [6.07, 6.45) is 1.60. The van der Waals surface area contributed by atoms with Crippen LogP contribution in [-0.2, 0) is 12.8 Å². The first-order valence-electron chi connectivity index (χ1n) is 6.68. The van der Waals surface area contributed by atoms with Gasteiger partial charge in [-0.1, -0.05) is 41.1 Å². The summed E-state index contributed by atoms with van der Waals surface area (Å²) in [5, 5.41) is 3.28. The Hall–Kier alpha value is -0.940. The lowest BCUT2D eigenvalue weighted by Crippen LogP contribution is -2.08. The molecule has 0 bridgehead atoms. The van der Waals surface area contributed by atoms with Crippen molar-refractivity contribution < 1.29 is 0 Å². The molecule has 1 heterocycles. The Morgan fingerprint density at radius 2 is 1.85 bits per heavy atom. The van der Waals surface area contributed by atoms with Crippen molar-refractivity contribution >= 4 is 37.7 Å². The second-order valence-corrected chi connectivity index (χ2v) is 6.05. The first kappa shape index (κ1) is 15.4. The van der Waals surface area contributed by atoms with Gasteiger partial charge in [0, 0.05) is 17.4 Å². The monoisotopic (exact) mass is 397 g/mol. The number of hydrogen-bond acceptors (Lipinski definition) is 3. The number of nitrogens with zero attached hydrogens (tertiary/aromatic N) is 2. The van der Waals surface area contributed by atoms with Crippen molar-refractivity contribution in [2.45, 2.75) is 26.7 Å². The zero-order chi connectivity index (χ0) is 14.5. The standard InChI is InChI=1S/C15H17Br2N3/c1-3-12-14(17)15(18-4-2)20-13(19-12)9-10-7-5-6-8-11(10)16/h5-8H,3-4,9H2,1-2H3,(H,18,19,20). The number of benzene rings is 1. The molecule has 1 N–H and O–H groups in total. The minimum atomic E-state index is 0.722. The van der Waals surface area contributed by atoms with Gasteiger partial charge in [0.1, 0.15) is 11.6 Å². The Bertz CT molecular complexity index is 600. The maximum atomic E-state index is 4.65. The van der Waals surface area contributed by atoms with Crippen LogP contribution in [0.5, 0.6) is 0 Å². The lowest BCUT2D eigenvalue weighted by molar-refractivity contribution is 0.892. The van der Waals surface area contributed by atoms with Gasteiger partial charge >= 0.3 is 0 Å². The van der Waals surface area contributed by atoms with Crippen LogP contribution in [0.1, 0.15) is 30.9 Å². The van der Waals surface area contributed by atoms with E-state index in [2.05, 4.69) is 67.1 Å². The smallest absolute Gasteiger partial charge is 0.144 e. The molecule has 20 heavy (non-hydrogen) atoms. The topological polar surface area (TPSA) is 37.8 Å². The highest BCUT2D eigenvalue weighted by Crippen LogP contribution is 2.25. The highest BCUT2D eigenvalue weighted by Gasteiger charge is 2.11. The fraction of sp³-hybridized carbons (Fsp3) is 0.333. The van der Waals surface area contributed by atoms with Gasteiger partial charge in [-0.3, -0.25) is 0 Å². The fourth-order valence-corrected chi connectivity index (χ4v) is 2.98. The van der Waals surface area contributed by atoms with Crippen LogP contribution in [-0.4, -0.2) is 16.5 Å². The van der Waals surface area contributed by atoms with Crippen molar-refractivity contribution in [1.82, 2.24) is 9.97 Å². The number of anilines is 1. The van der Waals surface area contributed by atoms with Gasteiger partial charge in [-0.05, 0) is 40.9 Å². The third-order valence-electron chi connectivity index (χ3n) is 2.95. The summed E-state index contributed by atoms with van der Waals surface area (Å²) >= 11 is 7.15. The average molecular weight is 399 g/mol. The van der Waals surface area contributed by atoms with Crippen LogP contribution >= 0.6 is 31.9 Å². The van der Waals surface area contributed by atoms with Crippen molar-refractivity contribution in [3.8, 4) is 0 Å². The molecule has 2 aromatic rings. The molecule has 0 amide bonds. The van der Waals surface area contributed by atoms with Crippen LogP contribution in [0.25, 0.3) is 0 Å². The number of aromatic nitrogens is 2. The van der Waals surface area contributed by atoms with Gasteiger partial charge in [-0.2, -0.15) is 0 Å². The number of hydrogen-bond donors (Lipinski definition) is 1. The summed E-state index contributed by atoms with van der Waals surface area (Å²) in [5.41, 5.74) is 2.23. The summed E-state index contributed by atoms with van der Waals surface area (Å²) in [6, 6.07) is 8.18. The van der Waals surface area contributed by atoms with Crippen LogP contribution in [0.2, 0.25) is 0 Å². The zero-order valence-corrected chi connectivity index (χ0v) is 14.8. The summed E-state index contributed by atoms with van der Waals surface area (Å²) < 4.78 is 2.06. The molecule has 5 heteroatoms. The average Bonchev–Trinajstić information content (AvgIpc) is 2.45. The molecule has 1 aromatic carbocycles. The third kappa shape index (κ3) is 3.58. The van der Waals surface area contributed by atoms with E-state index < -0.39 is 0 Å². The third-order valence-corrected chi connectivity index (χ3v) is 4.56. The van der Waals surface area contributed by atoms with Crippen molar-refractivity contribution in [2.75, 3.05) is 11.9 Å². The molecule has 106 valence electrons. The molecule has 0 aliphatic carbocycles. The first-order chi connectivity index (χ1) is 9.65.